The fourth-order valence-corrected chi connectivity index (χ4v) is 4.98. The summed E-state index contributed by atoms with van der Waals surface area (Å²) in [5.74, 6) is 1.02. The van der Waals surface area contributed by atoms with Crippen molar-refractivity contribution in [2.45, 2.75) is 57.4 Å². The van der Waals surface area contributed by atoms with Crippen molar-refractivity contribution in [3.63, 3.8) is 0 Å². The monoisotopic (exact) mass is 364 g/mol. The van der Waals surface area contributed by atoms with Gasteiger partial charge in [-0.2, -0.15) is 0 Å². The molecular formula is C20H36N4O2. The van der Waals surface area contributed by atoms with Gasteiger partial charge in [-0.25, -0.2) is 0 Å². The first-order valence-electron chi connectivity index (χ1n) is 10.6. The van der Waals surface area contributed by atoms with Gasteiger partial charge in [-0.15, -0.1) is 0 Å². The zero-order valence-corrected chi connectivity index (χ0v) is 16.4. The lowest BCUT2D eigenvalue weighted by Gasteiger charge is -2.38. The minimum atomic E-state index is 0.130. The van der Waals surface area contributed by atoms with E-state index in [4.69, 9.17) is 5.73 Å². The summed E-state index contributed by atoms with van der Waals surface area (Å²) in [7, 11) is 1.96. The van der Waals surface area contributed by atoms with E-state index in [2.05, 4.69) is 4.90 Å². The molecule has 0 spiro atoms. The van der Waals surface area contributed by atoms with Crippen molar-refractivity contribution >= 4 is 11.8 Å². The van der Waals surface area contributed by atoms with Crippen LogP contribution in [0.3, 0.4) is 0 Å². The van der Waals surface area contributed by atoms with Crippen LogP contribution in [0.5, 0.6) is 0 Å². The number of nitrogens with zero attached hydrogens (tertiary/aromatic N) is 3. The van der Waals surface area contributed by atoms with Gasteiger partial charge in [-0.3, -0.25) is 14.5 Å². The van der Waals surface area contributed by atoms with Crippen LogP contribution in [0.25, 0.3) is 0 Å². The average molecular weight is 365 g/mol. The first-order chi connectivity index (χ1) is 12.6. The molecule has 6 nitrogen and oxygen atoms in total. The highest BCUT2D eigenvalue weighted by Crippen LogP contribution is 2.32. The number of piperazine rings is 1. The molecule has 1 saturated heterocycles. The molecule has 0 bridgehead atoms. The molecule has 3 aliphatic rings. The van der Waals surface area contributed by atoms with E-state index in [1.54, 1.807) is 0 Å². The van der Waals surface area contributed by atoms with Gasteiger partial charge >= 0.3 is 0 Å². The van der Waals surface area contributed by atoms with E-state index in [9.17, 15) is 9.59 Å². The summed E-state index contributed by atoms with van der Waals surface area (Å²) in [6.45, 7) is 4.20. The Morgan fingerprint density at radius 3 is 2.31 bits per heavy atom. The van der Waals surface area contributed by atoms with Crippen LogP contribution in [0.1, 0.15) is 51.4 Å². The molecule has 0 unspecified atom stereocenters. The quantitative estimate of drug-likeness (QED) is 0.798. The molecule has 0 radical (unpaired) electrons. The van der Waals surface area contributed by atoms with Crippen LogP contribution in [0, 0.1) is 11.8 Å². The Balaban J connectivity index is 1.43. The first-order valence-corrected chi connectivity index (χ1v) is 10.6. The van der Waals surface area contributed by atoms with Crippen molar-refractivity contribution in [3.8, 4) is 0 Å². The van der Waals surface area contributed by atoms with E-state index >= 15 is 0 Å². The van der Waals surface area contributed by atoms with Gasteiger partial charge in [0.05, 0.1) is 6.54 Å². The second kappa shape index (κ2) is 9.18. The van der Waals surface area contributed by atoms with E-state index in [0.29, 0.717) is 31.0 Å². The summed E-state index contributed by atoms with van der Waals surface area (Å²) in [6, 6.07) is 0.426. The second-order valence-corrected chi connectivity index (χ2v) is 8.43. The van der Waals surface area contributed by atoms with E-state index in [1.807, 2.05) is 16.8 Å². The molecule has 3 fully saturated rings. The summed E-state index contributed by atoms with van der Waals surface area (Å²) in [6.07, 6.45) is 9.30. The minimum Gasteiger partial charge on any atom is -0.342 e. The molecule has 2 N–H and O–H groups in total. The van der Waals surface area contributed by atoms with E-state index < -0.39 is 0 Å². The Hall–Kier alpha value is -1.14. The predicted molar refractivity (Wildman–Crippen MR) is 103 cm³/mol. The van der Waals surface area contributed by atoms with Crippen molar-refractivity contribution in [3.05, 3.63) is 0 Å². The Labute approximate surface area is 158 Å². The molecule has 6 heteroatoms. The van der Waals surface area contributed by atoms with Crippen LogP contribution >= 0.6 is 0 Å². The molecule has 2 saturated carbocycles. The van der Waals surface area contributed by atoms with Gasteiger partial charge in [0, 0.05) is 45.2 Å². The summed E-state index contributed by atoms with van der Waals surface area (Å²) >= 11 is 0. The van der Waals surface area contributed by atoms with Crippen molar-refractivity contribution < 1.29 is 9.59 Å². The van der Waals surface area contributed by atoms with Crippen LogP contribution in [0.15, 0.2) is 0 Å². The normalized spacial score (nSPS) is 28.3. The highest BCUT2D eigenvalue weighted by molar-refractivity contribution is 5.80. The largest absolute Gasteiger partial charge is 0.342 e. The molecule has 26 heavy (non-hydrogen) atoms. The zero-order valence-electron chi connectivity index (χ0n) is 16.4. The molecule has 148 valence electrons. The third-order valence-corrected chi connectivity index (χ3v) is 6.84. The fourth-order valence-electron chi connectivity index (χ4n) is 4.98. The van der Waals surface area contributed by atoms with E-state index in [1.165, 1.54) is 19.3 Å². The number of hydrogen-bond acceptors (Lipinski definition) is 4. The minimum absolute atomic E-state index is 0.130. The van der Waals surface area contributed by atoms with E-state index in [0.717, 1.165) is 58.3 Å². The maximum Gasteiger partial charge on any atom is 0.236 e. The van der Waals surface area contributed by atoms with Gasteiger partial charge in [-0.1, -0.05) is 25.7 Å². The number of rotatable bonds is 5. The third-order valence-electron chi connectivity index (χ3n) is 6.84. The lowest BCUT2D eigenvalue weighted by atomic mass is 9.94. The van der Waals surface area contributed by atoms with Gasteiger partial charge in [0.15, 0.2) is 0 Å². The summed E-state index contributed by atoms with van der Waals surface area (Å²) in [5, 5.41) is 0. The highest BCUT2D eigenvalue weighted by atomic mass is 16.2. The first kappa shape index (κ1) is 19.6. The van der Waals surface area contributed by atoms with Gasteiger partial charge in [0.1, 0.15) is 0 Å². The zero-order chi connectivity index (χ0) is 18.5. The molecule has 0 aromatic carbocycles. The lowest BCUT2D eigenvalue weighted by molar-refractivity contribution is -0.139. The Morgan fingerprint density at radius 1 is 0.962 bits per heavy atom. The molecule has 1 aliphatic heterocycles. The predicted octanol–water partition coefficient (Wildman–Crippen LogP) is 1.30. The third kappa shape index (κ3) is 4.58. The van der Waals surface area contributed by atoms with Gasteiger partial charge in [0.2, 0.25) is 11.8 Å². The topological polar surface area (TPSA) is 69.9 Å². The van der Waals surface area contributed by atoms with Gasteiger partial charge < -0.3 is 15.5 Å². The van der Waals surface area contributed by atoms with E-state index in [-0.39, 0.29) is 11.8 Å². The van der Waals surface area contributed by atoms with Crippen LogP contribution in [-0.4, -0.2) is 78.9 Å². The van der Waals surface area contributed by atoms with Gasteiger partial charge in [0.25, 0.3) is 0 Å². The SMILES string of the molecule is CN(C(=O)CN1CCN(C(=O)[C@@H]2CCC[C@@H]2CN)CC1)C1CCCCC1. The molecule has 0 aromatic heterocycles. The maximum absolute atomic E-state index is 12.8. The number of nitrogens with two attached hydrogens (primary N) is 1. The van der Waals surface area contributed by atoms with Crippen LogP contribution < -0.4 is 5.73 Å². The van der Waals surface area contributed by atoms with Crippen molar-refractivity contribution in [2.75, 3.05) is 46.3 Å². The molecule has 2 aliphatic carbocycles. The standard InChI is InChI=1S/C20H36N4O2/c1-22(17-7-3-2-4-8-17)19(25)15-23-10-12-24(13-11-23)20(26)18-9-5-6-16(18)14-21/h16-18H,2-15,21H2,1H3/t16-,18-/m1/s1. The smallest absolute Gasteiger partial charge is 0.236 e. The second-order valence-electron chi connectivity index (χ2n) is 8.43. The van der Waals surface area contributed by atoms with Crippen molar-refractivity contribution in [2.24, 2.45) is 17.6 Å². The number of likely N-dealkylation sites (N-methyl/N-ethyl adjacent to an activating group) is 1. The number of amides is 2. The molecule has 2 atom stereocenters. The Bertz CT molecular complexity index is 484. The summed E-state index contributed by atoms with van der Waals surface area (Å²) < 4.78 is 0. The van der Waals surface area contributed by atoms with Crippen LogP contribution in [0.4, 0.5) is 0 Å². The number of carbonyl (C=O) groups is 2. The van der Waals surface area contributed by atoms with Crippen molar-refractivity contribution in [1.82, 2.24) is 14.7 Å². The number of hydrogen-bond donors (Lipinski definition) is 1. The summed E-state index contributed by atoms with van der Waals surface area (Å²) in [5.41, 5.74) is 5.84. The molecular weight excluding hydrogens is 328 g/mol. The molecule has 1 heterocycles. The molecule has 2 amide bonds. The Morgan fingerprint density at radius 2 is 1.65 bits per heavy atom. The maximum atomic E-state index is 12.8. The van der Waals surface area contributed by atoms with Crippen molar-refractivity contribution in [1.29, 1.82) is 0 Å². The number of carbonyl (C=O) groups excluding carboxylic acids is 2. The van der Waals surface area contributed by atoms with Crippen LogP contribution in [-0.2, 0) is 9.59 Å². The molecule has 0 aromatic rings. The fraction of sp³-hybridized carbons (Fsp3) is 0.900. The highest BCUT2D eigenvalue weighted by Gasteiger charge is 2.36. The van der Waals surface area contributed by atoms with Gasteiger partial charge in [-0.05, 0) is 38.1 Å². The summed E-state index contributed by atoms with van der Waals surface area (Å²) in [4.78, 5) is 31.6. The molecule has 3 rings (SSSR count). The lowest BCUT2D eigenvalue weighted by Crippen LogP contribution is -2.53. The van der Waals surface area contributed by atoms with Crippen LogP contribution in [0.2, 0.25) is 0 Å². The Kier molecular flexibility index (Phi) is 6.92. The average Bonchev–Trinajstić information content (AvgIpc) is 3.17.